The number of amides is 1. The van der Waals surface area contributed by atoms with Gasteiger partial charge in [0, 0.05) is 30.7 Å². The number of carbonyl (C=O) groups excluding carboxylic acids is 1. The minimum atomic E-state index is -3.73. The molecule has 1 amide bonds. The van der Waals surface area contributed by atoms with Crippen molar-refractivity contribution in [3.8, 4) is 6.19 Å². The summed E-state index contributed by atoms with van der Waals surface area (Å²) in [5.74, 6) is -0.194. The molecule has 1 atom stereocenters. The first-order valence-corrected chi connectivity index (χ1v) is 10.4. The van der Waals surface area contributed by atoms with Crippen LogP contribution >= 0.6 is 0 Å². The van der Waals surface area contributed by atoms with Gasteiger partial charge in [-0.25, -0.2) is 13.1 Å². The molecule has 0 saturated carbocycles. The maximum atomic E-state index is 12.8. The van der Waals surface area contributed by atoms with Gasteiger partial charge in [0.15, 0.2) is 6.19 Å². The Bertz CT molecular complexity index is 797. The van der Waals surface area contributed by atoms with Gasteiger partial charge < -0.3 is 10.2 Å². The molecule has 0 bridgehead atoms. The van der Waals surface area contributed by atoms with Crippen LogP contribution in [0.2, 0.25) is 0 Å². The van der Waals surface area contributed by atoms with Gasteiger partial charge >= 0.3 is 0 Å². The number of nitrogens with zero attached hydrogens (tertiary/aromatic N) is 2. The van der Waals surface area contributed by atoms with E-state index in [0.29, 0.717) is 30.8 Å². The van der Waals surface area contributed by atoms with Crippen LogP contribution in [-0.4, -0.2) is 38.4 Å². The van der Waals surface area contributed by atoms with Crippen LogP contribution in [0.4, 0.5) is 5.69 Å². The van der Waals surface area contributed by atoms with E-state index < -0.39 is 10.0 Å². The molecule has 8 heteroatoms. The first-order chi connectivity index (χ1) is 12.3. The van der Waals surface area contributed by atoms with Crippen LogP contribution in [0.3, 0.4) is 0 Å². The maximum Gasteiger partial charge on any atom is 0.241 e. The molecule has 1 heterocycles. The highest BCUT2D eigenvalue weighted by molar-refractivity contribution is 7.89. The normalized spacial score (nSPS) is 17.3. The Morgan fingerprint density at radius 1 is 1.38 bits per heavy atom. The van der Waals surface area contributed by atoms with Crippen LogP contribution in [0, 0.1) is 24.3 Å². The molecule has 142 valence electrons. The molecule has 2 N–H and O–H groups in total. The fourth-order valence-corrected chi connectivity index (χ4v) is 4.63. The lowest BCUT2D eigenvalue weighted by molar-refractivity contribution is -0.120. The lowest BCUT2D eigenvalue weighted by Crippen LogP contribution is -2.36. The van der Waals surface area contributed by atoms with Crippen molar-refractivity contribution in [1.29, 1.82) is 5.26 Å². The number of nitriles is 1. The van der Waals surface area contributed by atoms with E-state index in [-0.39, 0.29) is 22.8 Å². The summed E-state index contributed by atoms with van der Waals surface area (Å²) in [5, 5.41) is 11.7. The molecule has 26 heavy (non-hydrogen) atoms. The Morgan fingerprint density at radius 3 is 2.65 bits per heavy atom. The zero-order valence-electron chi connectivity index (χ0n) is 15.4. The Labute approximate surface area is 155 Å². The Morgan fingerprint density at radius 2 is 2.08 bits per heavy atom. The zero-order valence-corrected chi connectivity index (χ0v) is 16.3. The van der Waals surface area contributed by atoms with E-state index in [1.54, 1.807) is 19.1 Å². The molecular weight excluding hydrogens is 352 g/mol. The highest BCUT2D eigenvalue weighted by Crippen LogP contribution is 2.22. The molecule has 1 aromatic rings. The number of anilines is 1. The summed E-state index contributed by atoms with van der Waals surface area (Å²) in [6, 6.07) is 4.60. The molecule has 1 aliphatic heterocycles. The predicted molar refractivity (Wildman–Crippen MR) is 99.8 cm³/mol. The minimum Gasteiger partial charge on any atom is -0.326 e. The average Bonchev–Trinajstić information content (AvgIpc) is 3.04. The van der Waals surface area contributed by atoms with E-state index in [1.807, 2.05) is 20.0 Å². The van der Waals surface area contributed by atoms with Crippen LogP contribution in [0.15, 0.2) is 23.1 Å². The summed E-state index contributed by atoms with van der Waals surface area (Å²) < 4.78 is 28.2. The standard InChI is InChI=1S/C18H26N4O3S/c1-4-14(5-2)18(23)20-15-7-6-13(3)17(10-15)26(24,25)21-16-8-9-22(11-16)12-19/h6-7,10,14,16,21H,4-5,8-9,11H2,1-3H3,(H,20,23)/t16-/m1/s1. The molecule has 0 spiro atoms. The Hall–Kier alpha value is -2.11. The van der Waals surface area contributed by atoms with Crippen LogP contribution < -0.4 is 10.0 Å². The highest BCUT2D eigenvalue weighted by Gasteiger charge is 2.28. The lowest BCUT2D eigenvalue weighted by atomic mass is 10.0. The summed E-state index contributed by atoms with van der Waals surface area (Å²) in [7, 11) is -3.73. The number of hydrogen-bond donors (Lipinski definition) is 2. The van der Waals surface area contributed by atoms with E-state index in [1.165, 1.54) is 11.0 Å². The van der Waals surface area contributed by atoms with Crippen molar-refractivity contribution in [1.82, 2.24) is 9.62 Å². The summed E-state index contributed by atoms with van der Waals surface area (Å²) in [5.41, 5.74) is 1.08. The first-order valence-electron chi connectivity index (χ1n) is 8.89. The molecular formula is C18H26N4O3S. The van der Waals surface area contributed by atoms with Gasteiger partial charge in [-0.3, -0.25) is 4.79 Å². The van der Waals surface area contributed by atoms with Gasteiger partial charge in [0.1, 0.15) is 0 Å². The third-order valence-electron chi connectivity index (χ3n) is 4.75. The molecule has 1 aromatic carbocycles. The number of rotatable bonds is 7. The second-order valence-electron chi connectivity index (χ2n) is 6.64. The van der Waals surface area contributed by atoms with E-state index in [2.05, 4.69) is 10.0 Å². The quantitative estimate of drug-likeness (QED) is 0.708. The molecule has 1 aliphatic rings. The van der Waals surface area contributed by atoms with Crippen LogP contribution in [0.5, 0.6) is 0 Å². The number of nitrogens with one attached hydrogen (secondary N) is 2. The maximum absolute atomic E-state index is 12.8. The third-order valence-corrected chi connectivity index (χ3v) is 6.42. The third kappa shape index (κ3) is 4.74. The largest absolute Gasteiger partial charge is 0.326 e. The molecule has 0 aliphatic carbocycles. The Kier molecular flexibility index (Phi) is 6.62. The van der Waals surface area contributed by atoms with E-state index in [4.69, 9.17) is 5.26 Å². The van der Waals surface area contributed by atoms with Crippen molar-refractivity contribution in [2.75, 3.05) is 18.4 Å². The van der Waals surface area contributed by atoms with Gasteiger partial charge in [-0.15, -0.1) is 0 Å². The monoisotopic (exact) mass is 378 g/mol. The fourth-order valence-electron chi connectivity index (χ4n) is 3.10. The Balaban J connectivity index is 2.18. The number of benzene rings is 1. The predicted octanol–water partition coefficient (Wildman–Crippen LogP) is 2.20. The van der Waals surface area contributed by atoms with E-state index in [9.17, 15) is 13.2 Å². The van der Waals surface area contributed by atoms with Crippen molar-refractivity contribution in [3.63, 3.8) is 0 Å². The highest BCUT2D eigenvalue weighted by atomic mass is 32.2. The fraction of sp³-hybridized carbons (Fsp3) is 0.556. The molecule has 7 nitrogen and oxygen atoms in total. The number of carbonyl (C=O) groups is 1. The van der Waals surface area contributed by atoms with Crippen molar-refractivity contribution in [2.45, 2.75) is 51.0 Å². The molecule has 0 radical (unpaired) electrons. The van der Waals surface area contributed by atoms with Gasteiger partial charge in [0.25, 0.3) is 0 Å². The average molecular weight is 378 g/mol. The molecule has 1 saturated heterocycles. The first kappa shape index (κ1) is 20.2. The van der Waals surface area contributed by atoms with Crippen LogP contribution in [0.25, 0.3) is 0 Å². The zero-order chi connectivity index (χ0) is 19.3. The number of likely N-dealkylation sites (tertiary alicyclic amines) is 1. The lowest BCUT2D eigenvalue weighted by Gasteiger charge is -2.17. The van der Waals surface area contributed by atoms with Crippen molar-refractivity contribution >= 4 is 21.6 Å². The van der Waals surface area contributed by atoms with Crippen molar-refractivity contribution < 1.29 is 13.2 Å². The summed E-state index contributed by atoms with van der Waals surface area (Å²) in [4.78, 5) is 13.9. The van der Waals surface area contributed by atoms with Gasteiger partial charge in [-0.05, 0) is 43.9 Å². The van der Waals surface area contributed by atoms with Crippen molar-refractivity contribution in [3.05, 3.63) is 23.8 Å². The summed E-state index contributed by atoms with van der Waals surface area (Å²) >= 11 is 0. The topological polar surface area (TPSA) is 102 Å². The second kappa shape index (κ2) is 8.52. The molecule has 0 aromatic heterocycles. The summed E-state index contributed by atoms with van der Waals surface area (Å²) in [6.07, 6.45) is 4.10. The second-order valence-corrected chi connectivity index (χ2v) is 8.32. The number of sulfonamides is 1. The van der Waals surface area contributed by atoms with E-state index in [0.717, 1.165) is 12.8 Å². The van der Waals surface area contributed by atoms with Gasteiger partial charge in [-0.2, -0.15) is 5.26 Å². The van der Waals surface area contributed by atoms with Gasteiger partial charge in [0.05, 0.1) is 4.90 Å². The molecule has 0 unspecified atom stereocenters. The summed E-state index contributed by atoms with van der Waals surface area (Å²) in [6.45, 7) is 6.55. The number of hydrogen-bond acceptors (Lipinski definition) is 5. The van der Waals surface area contributed by atoms with Crippen LogP contribution in [-0.2, 0) is 14.8 Å². The SMILES string of the molecule is CCC(CC)C(=O)Nc1ccc(C)c(S(=O)(=O)N[C@@H]2CCN(C#N)C2)c1. The van der Waals surface area contributed by atoms with Gasteiger partial charge in [0.2, 0.25) is 15.9 Å². The van der Waals surface area contributed by atoms with Gasteiger partial charge in [-0.1, -0.05) is 19.9 Å². The number of aryl methyl sites for hydroxylation is 1. The van der Waals surface area contributed by atoms with Crippen LogP contribution in [0.1, 0.15) is 38.7 Å². The van der Waals surface area contributed by atoms with E-state index >= 15 is 0 Å². The molecule has 1 fully saturated rings. The molecule has 2 rings (SSSR count). The minimum absolute atomic E-state index is 0.0926. The smallest absolute Gasteiger partial charge is 0.241 e. The van der Waals surface area contributed by atoms with Crippen molar-refractivity contribution in [2.24, 2.45) is 5.92 Å².